The van der Waals surface area contributed by atoms with Gasteiger partial charge in [0.05, 0.1) is 0 Å². The Balaban J connectivity index is 2.20. The zero-order valence-corrected chi connectivity index (χ0v) is 10.1. The van der Waals surface area contributed by atoms with Crippen LogP contribution in [-0.2, 0) is 9.09 Å². The summed E-state index contributed by atoms with van der Waals surface area (Å²) in [6.45, 7) is 2.77. The van der Waals surface area contributed by atoms with E-state index in [9.17, 15) is 4.57 Å². The van der Waals surface area contributed by atoms with Gasteiger partial charge >= 0.3 is 8.03 Å². The molecule has 15 heavy (non-hydrogen) atoms. The lowest BCUT2D eigenvalue weighted by atomic mass is 10.2. The molecule has 1 aromatic rings. The third kappa shape index (κ3) is 5.06. The van der Waals surface area contributed by atoms with E-state index >= 15 is 0 Å². The van der Waals surface area contributed by atoms with Gasteiger partial charge in [0.15, 0.2) is 0 Å². The summed E-state index contributed by atoms with van der Waals surface area (Å²) in [5.74, 6) is 0. The summed E-state index contributed by atoms with van der Waals surface area (Å²) in [7, 11) is -1.65. The highest BCUT2D eigenvalue weighted by Gasteiger charge is 2.20. The van der Waals surface area contributed by atoms with Crippen molar-refractivity contribution in [3.8, 4) is 0 Å². The first-order valence-corrected chi connectivity index (χ1v) is 6.67. The molecule has 0 aromatic heterocycles. The Morgan fingerprint density at radius 1 is 1.13 bits per heavy atom. The number of hydrogen-bond donors (Lipinski definition) is 0. The monoisotopic (exact) mass is 225 g/mol. The molecule has 0 aliphatic carbocycles. The zero-order valence-electron chi connectivity index (χ0n) is 9.19. The van der Waals surface area contributed by atoms with Crippen molar-refractivity contribution in [2.45, 2.75) is 32.6 Å². The van der Waals surface area contributed by atoms with Gasteiger partial charge in [-0.3, -0.25) is 0 Å². The summed E-state index contributed by atoms with van der Waals surface area (Å²) < 4.78 is 16.9. The molecule has 1 aromatic carbocycles. The number of rotatable bonds is 7. The molecule has 0 aliphatic heterocycles. The Bertz CT molecular complexity index is 285. The number of hydrogen-bond acceptors (Lipinski definition) is 2. The molecule has 1 unspecified atom stereocenters. The van der Waals surface area contributed by atoms with Crippen LogP contribution < -0.4 is 5.30 Å². The fraction of sp³-hybridized carbons (Fsp3) is 0.500. The summed E-state index contributed by atoms with van der Waals surface area (Å²) in [6.07, 6.45) is 4.60. The highest BCUT2D eigenvalue weighted by Crippen LogP contribution is 2.21. The van der Waals surface area contributed by atoms with Gasteiger partial charge in [0.2, 0.25) is 5.30 Å². The second-order valence-electron chi connectivity index (χ2n) is 3.49. The van der Waals surface area contributed by atoms with Crippen LogP contribution in [0.5, 0.6) is 0 Å². The predicted octanol–water partition coefficient (Wildman–Crippen LogP) is 3.65. The van der Waals surface area contributed by atoms with Crippen molar-refractivity contribution in [1.82, 2.24) is 0 Å². The first-order chi connectivity index (χ1) is 7.34. The minimum Gasteiger partial charge on any atom is -0.142 e. The standard InChI is InChI=1S/C12H18O2P/c1-2-3-4-8-11-14-15(13)12-9-6-5-7-10-12/h5-7,9-10H,2-4,8,11H2,1H3/q+1. The van der Waals surface area contributed by atoms with E-state index < -0.39 is 8.03 Å². The highest BCUT2D eigenvalue weighted by atomic mass is 31.1. The molecule has 0 saturated heterocycles. The van der Waals surface area contributed by atoms with Crippen molar-refractivity contribution in [2.75, 3.05) is 6.61 Å². The molecule has 0 radical (unpaired) electrons. The Morgan fingerprint density at radius 3 is 2.53 bits per heavy atom. The molecule has 0 heterocycles. The maximum atomic E-state index is 11.6. The summed E-state index contributed by atoms with van der Waals surface area (Å²) in [5, 5.41) is 0.781. The average molecular weight is 225 g/mol. The molecule has 1 rings (SSSR count). The molecule has 0 saturated carbocycles. The summed E-state index contributed by atoms with van der Waals surface area (Å²) >= 11 is 0. The van der Waals surface area contributed by atoms with Gasteiger partial charge in [-0.15, -0.1) is 4.52 Å². The van der Waals surface area contributed by atoms with E-state index in [4.69, 9.17) is 4.52 Å². The third-order valence-electron chi connectivity index (χ3n) is 2.17. The first kappa shape index (κ1) is 12.4. The Labute approximate surface area is 92.5 Å². The van der Waals surface area contributed by atoms with E-state index in [1.165, 1.54) is 12.8 Å². The van der Waals surface area contributed by atoms with Gasteiger partial charge in [0.1, 0.15) is 6.61 Å². The molecule has 3 heteroatoms. The van der Waals surface area contributed by atoms with Crippen LogP contribution in [-0.4, -0.2) is 6.61 Å². The van der Waals surface area contributed by atoms with E-state index in [2.05, 4.69) is 6.92 Å². The summed E-state index contributed by atoms with van der Waals surface area (Å²) in [6, 6.07) is 9.34. The molecule has 2 nitrogen and oxygen atoms in total. The molecule has 0 spiro atoms. The van der Waals surface area contributed by atoms with Crippen LogP contribution in [0.25, 0.3) is 0 Å². The van der Waals surface area contributed by atoms with Crippen LogP contribution in [0.15, 0.2) is 30.3 Å². The van der Waals surface area contributed by atoms with Crippen molar-refractivity contribution in [1.29, 1.82) is 0 Å². The molecule has 0 amide bonds. The lowest BCUT2D eigenvalue weighted by Crippen LogP contribution is -1.98. The molecule has 1 atom stereocenters. The third-order valence-corrected chi connectivity index (χ3v) is 3.31. The SMILES string of the molecule is CCCCCCO[P+](=O)c1ccccc1. The van der Waals surface area contributed by atoms with Crippen molar-refractivity contribution in [3.63, 3.8) is 0 Å². The minimum absolute atomic E-state index is 0.601. The van der Waals surface area contributed by atoms with E-state index in [0.717, 1.165) is 18.1 Å². The molecule has 0 fully saturated rings. The van der Waals surface area contributed by atoms with Crippen molar-refractivity contribution >= 4 is 13.3 Å². The van der Waals surface area contributed by atoms with E-state index in [-0.39, 0.29) is 0 Å². The Kier molecular flexibility index (Phi) is 6.22. The maximum absolute atomic E-state index is 11.6. The van der Waals surface area contributed by atoms with Crippen molar-refractivity contribution < 1.29 is 9.09 Å². The quantitative estimate of drug-likeness (QED) is 0.523. The minimum atomic E-state index is -1.65. The molecule has 82 valence electrons. The van der Waals surface area contributed by atoms with Crippen LogP contribution >= 0.6 is 8.03 Å². The van der Waals surface area contributed by atoms with Gasteiger partial charge < -0.3 is 0 Å². The molecular formula is C12H18O2P+. The van der Waals surface area contributed by atoms with Crippen LogP contribution in [0, 0.1) is 0 Å². The van der Waals surface area contributed by atoms with Gasteiger partial charge in [-0.05, 0) is 23.1 Å². The van der Waals surface area contributed by atoms with Crippen molar-refractivity contribution in [2.24, 2.45) is 0 Å². The van der Waals surface area contributed by atoms with Crippen LogP contribution in [0.3, 0.4) is 0 Å². The van der Waals surface area contributed by atoms with Gasteiger partial charge in [0, 0.05) is 0 Å². The van der Waals surface area contributed by atoms with Gasteiger partial charge in [-0.1, -0.05) is 44.4 Å². The predicted molar refractivity (Wildman–Crippen MR) is 63.8 cm³/mol. The maximum Gasteiger partial charge on any atom is 0.548 e. The molecular weight excluding hydrogens is 207 g/mol. The summed E-state index contributed by atoms with van der Waals surface area (Å²) in [4.78, 5) is 0. The normalized spacial score (nSPS) is 11.4. The van der Waals surface area contributed by atoms with E-state index in [1.807, 2.05) is 30.3 Å². The lowest BCUT2D eigenvalue weighted by molar-refractivity contribution is 0.322. The van der Waals surface area contributed by atoms with Crippen LogP contribution in [0.2, 0.25) is 0 Å². The second-order valence-corrected chi connectivity index (χ2v) is 4.78. The number of unbranched alkanes of at least 4 members (excludes halogenated alkanes) is 3. The zero-order chi connectivity index (χ0) is 10.9. The molecule has 0 aliphatic rings. The van der Waals surface area contributed by atoms with E-state index in [1.54, 1.807) is 0 Å². The Morgan fingerprint density at radius 2 is 1.87 bits per heavy atom. The molecule has 0 N–H and O–H groups in total. The fourth-order valence-electron chi connectivity index (χ4n) is 1.30. The Hall–Kier alpha value is -0.720. The van der Waals surface area contributed by atoms with Crippen LogP contribution in [0.1, 0.15) is 32.6 Å². The van der Waals surface area contributed by atoms with Crippen molar-refractivity contribution in [3.05, 3.63) is 30.3 Å². The first-order valence-electron chi connectivity index (χ1n) is 5.50. The second kappa shape index (κ2) is 7.56. The lowest BCUT2D eigenvalue weighted by Gasteiger charge is -1.93. The summed E-state index contributed by atoms with van der Waals surface area (Å²) in [5.41, 5.74) is 0. The van der Waals surface area contributed by atoms with Gasteiger partial charge in [-0.25, -0.2) is 0 Å². The highest BCUT2D eigenvalue weighted by molar-refractivity contribution is 7.48. The van der Waals surface area contributed by atoms with Gasteiger partial charge in [0.25, 0.3) is 0 Å². The smallest absolute Gasteiger partial charge is 0.142 e. The molecule has 0 bridgehead atoms. The van der Waals surface area contributed by atoms with Gasteiger partial charge in [-0.2, -0.15) is 0 Å². The van der Waals surface area contributed by atoms with E-state index in [0.29, 0.717) is 6.61 Å². The largest absolute Gasteiger partial charge is 0.548 e. The fourth-order valence-corrected chi connectivity index (χ4v) is 2.16. The topological polar surface area (TPSA) is 26.3 Å². The average Bonchev–Trinajstić information content (AvgIpc) is 2.30. The van der Waals surface area contributed by atoms with Crippen LogP contribution in [0.4, 0.5) is 0 Å². The number of benzene rings is 1.